The van der Waals surface area contributed by atoms with Gasteiger partial charge in [0.1, 0.15) is 0 Å². The lowest BCUT2D eigenvalue weighted by Crippen LogP contribution is -2.28. The fourth-order valence-electron chi connectivity index (χ4n) is 2.70. The van der Waals surface area contributed by atoms with E-state index in [9.17, 15) is 8.42 Å². The minimum atomic E-state index is -3.09. The second-order valence-electron chi connectivity index (χ2n) is 5.28. The molecule has 0 aromatic heterocycles. The quantitative estimate of drug-likeness (QED) is 0.913. The predicted octanol–water partition coefficient (Wildman–Crippen LogP) is 2.44. The molecular formula is C14H19NO2S. The third kappa shape index (κ3) is 2.19. The molecule has 2 aliphatic rings. The maximum Gasteiger partial charge on any atom is 0.181 e. The van der Waals surface area contributed by atoms with Gasteiger partial charge in [-0.3, -0.25) is 0 Å². The van der Waals surface area contributed by atoms with Crippen molar-refractivity contribution in [2.45, 2.75) is 48.3 Å². The molecule has 98 valence electrons. The Kier molecular flexibility index (Phi) is 3.16. The Balaban J connectivity index is 1.99. The first-order valence-corrected chi connectivity index (χ1v) is 8.30. The van der Waals surface area contributed by atoms with Crippen LogP contribution in [0.1, 0.15) is 43.7 Å². The number of nitrogens with one attached hydrogen (secondary N) is 1. The van der Waals surface area contributed by atoms with Gasteiger partial charge in [0, 0.05) is 6.04 Å². The Morgan fingerprint density at radius 1 is 1.06 bits per heavy atom. The Morgan fingerprint density at radius 2 is 1.83 bits per heavy atom. The molecule has 3 rings (SSSR count). The van der Waals surface area contributed by atoms with Crippen LogP contribution >= 0.6 is 0 Å². The van der Waals surface area contributed by atoms with Gasteiger partial charge in [-0.2, -0.15) is 0 Å². The van der Waals surface area contributed by atoms with Crippen molar-refractivity contribution in [3.8, 4) is 0 Å². The summed E-state index contributed by atoms with van der Waals surface area (Å²) >= 11 is 0. The van der Waals surface area contributed by atoms with Gasteiger partial charge < -0.3 is 5.32 Å². The van der Waals surface area contributed by atoms with Crippen molar-refractivity contribution in [2.24, 2.45) is 0 Å². The molecule has 1 unspecified atom stereocenters. The lowest BCUT2D eigenvalue weighted by atomic mass is 9.98. The van der Waals surface area contributed by atoms with Crippen molar-refractivity contribution in [3.05, 3.63) is 29.8 Å². The topological polar surface area (TPSA) is 46.2 Å². The standard InChI is InChI=1S/C14H19NO2S/c16-18(17,11-8-9-11)14-7-2-1-5-12(14)13-6-3-4-10-15-13/h1-2,5,7,11,13,15H,3-4,6,8-10H2. The fourth-order valence-corrected chi connectivity index (χ4v) is 4.63. The molecule has 2 fully saturated rings. The first-order valence-electron chi connectivity index (χ1n) is 6.76. The van der Waals surface area contributed by atoms with E-state index in [1.165, 1.54) is 12.8 Å². The summed E-state index contributed by atoms with van der Waals surface area (Å²) in [7, 11) is -3.09. The van der Waals surface area contributed by atoms with Crippen LogP contribution in [0, 0.1) is 0 Å². The lowest BCUT2D eigenvalue weighted by Gasteiger charge is -2.25. The molecule has 1 atom stereocenters. The van der Waals surface area contributed by atoms with Crippen molar-refractivity contribution in [3.63, 3.8) is 0 Å². The molecule has 0 radical (unpaired) electrons. The molecule has 1 aromatic rings. The van der Waals surface area contributed by atoms with Crippen LogP contribution in [0.3, 0.4) is 0 Å². The highest BCUT2D eigenvalue weighted by Gasteiger charge is 2.38. The maximum atomic E-state index is 12.4. The molecule has 1 heterocycles. The van der Waals surface area contributed by atoms with E-state index >= 15 is 0 Å². The van der Waals surface area contributed by atoms with Crippen LogP contribution in [0.15, 0.2) is 29.2 Å². The smallest absolute Gasteiger partial charge is 0.181 e. The number of sulfone groups is 1. The zero-order valence-corrected chi connectivity index (χ0v) is 11.2. The summed E-state index contributed by atoms with van der Waals surface area (Å²) in [5, 5.41) is 3.32. The summed E-state index contributed by atoms with van der Waals surface area (Å²) in [5.74, 6) is 0. The van der Waals surface area contributed by atoms with E-state index < -0.39 is 9.84 Å². The normalized spacial score (nSPS) is 25.0. The SMILES string of the molecule is O=S(=O)(c1ccccc1C1CCCCN1)C1CC1. The Bertz CT molecular complexity index is 528. The van der Waals surface area contributed by atoms with Gasteiger partial charge in [0.05, 0.1) is 10.1 Å². The fraction of sp³-hybridized carbons (Fsp3) is 0.571. The number of rotatable bonds is 3. The van der Waals surface area contributed by atoms with E-state index in [4.69, 9.17) is 0 Å². The predicted molar refractivity (Wildman–Crippen MR) is 71.2 cm³/mol. The van der Waals surface area contributed by atoms with Gasteiger partial charge in [-0.05, 0) is 43.9 Å². The summed E-state index contributed by atoms with van der Waals surface area (Å²) in [6.07, 6.45) is 5.06. The van der Waals surface area contributed by atoms with E-state index in [-0.39, 0.29) is 11.3 Å². The Labute approximate surface area is 109 Å². The van der Waals surface area contributed by atoms with Crippen LogP contribution in [-0.2, 0) is 9.84 Å². The van der Waals surface area contributed by atoms with E-state index in [0.717, 1.165) is 31.4 Å². The molecular weight excluding hydrogens is 246 g/mol. The maximum absolute atomic E-state index is 12.4. The molecule has 1 saturated heterocycles. The zero-order valence-electron chi connectivity index (χ0n) is 10.4. The van der Waals surface area contributed by atoms with Gasteiger partial charge in [0.2, 0.25) is 0 Å². The zero-order chi connectivity index (χ0) is 12.6. The minimum absolute atomic E-state index is 0.123. The second kappa shape index (κ2) is 4.67. The van der Waals surface area contributed by atoms with Gasteiger partial charge in [-0.15, -0.1) is 0 Å². The number of hydrogen-bond acceptors (Lipinski definition) is 3. The van der Waals surface area contributed by atoms with E-state index in [1.807, 2.05) is 18.2 Å². The number of benzene rings is 1. The van der Waals surface area contributed by atoms with Crippen molar-refractivity contribution in [1.82, 2.24) is 5.32 Å². The highest BCUT2D eigenvalue weighted by Crippen LogP contribution is 2.37. The molecule has 1 aliphatic carbocycles. The van der Waals surface area contributed by atoms with Gasteiger partial charge in [-0.1, -0.05) is 24.6 Å². The molecule has 3 nitrogen and oxygen atoms in total. The molecule has 1 aliphatic heterocycles. The van der Waals surface area contributed by atoms with Crippen molar-refractivity contribution in [1.29, 1.82) is 0 Å². The summed E-state index contributed by atoms with van der Waals surface area (Å²) in [4.78, 5) is 0.562. The van der Waals surface area contributed by atoms with Gasteiger partial charge in [-0.25, -0.2) is 8.42 Å². The highest BCUT2D eigenvalue weighted by atomic mass is 32.2. The molecule has 1 saturated carbocycles. The summed E-state index contributed by atoms with van der Waals surface area (Å²) in [6.45, 7) is 0.989. The molecule has 0 amide bonds. The van der Waals surface area contributed by atoms with Gasteiger partial charge in [0.15, 0.2) is 9.84 Å². The average Bonchev–Trinajstić information content (AvgIpc) is 3.24. The molecule has 18 heavy (non-hydrogen) atoms. The van der Waals surface area contributed by atoms with E-state index in [0.29, 0.717) is 4.90 Å². The molecule has 1 N–H and O–H groups in total. The first kappa shape index (κ1) is 12.2. The summed E-state index contributed by atoms with van der Waals surface area (Å²) in [6, 6.07) is 7.74. The number of piperidine rings is 1. The minimum Gasteiger partial charge on any atom is -0.310 e. The third-order valence-corrected chi connectivity index (χ3v) is 6.21. The molecule has 0 spiro atoms. The Morgan fingerprint density at radius 3 is 2.50 bits per heavy atom. The monoisotopic (exact) mass is 265 g/mol. The van der Waals surface area contributed by atoms with Crippen molar-refractivity contribution >= 4 is 9.84 Å². The second-order valence-corrected chi connectivity index (χ2v) is 7.48. The summed E-state index contributed by atoms with van der Waals surface area (Å²) in [5.41, 5.74) is 0.976. The van der Waals surface area contributed by atoms with Crippen LogP contribution in [0.4, 0.5) is 0 Å². The van der Waals surface area contributed by atoms with E-state index in [2.05, 4.69) is 5.32 Å². The van der Waals surface area contributed by atoms with Crippen LogP contribution in [-0.4, -0.2) is 20.2 Å². The molecule has 0 bridgehead atoms. The van der Waals surface area contributed by atoms with Gasteiger partial charge in [0.25, 0.3) is 0 Å². The van der Waals surface area contributed by atoms with Crippen LogP contribution in [0.25, 0.3) is 0 Å². The lowest BCUT2D eigenvalue weighted by molar-refractivity contribution is 0.407. The summed E-state index contributed by atoms with van der Waals surface area (Å²) < 4.78 is 24.9. The average molecular weight is 265 g/mol. The number of hydrogen-bond donors (Lipinski definition) is 1. The molecule has 4 heteroatoms. The molecule has 1 aromatic carbocycles. The first-order chi connectivity index (χ1) is 8.69. The van der Waals surface area contributed by atoms with Crippen LogP contribution in [0.5, 0.6) is 0 Å². The van der Waals surface area contributed by atoms with Gasteiger partial charge >= 0.3 is 0 Å². The van der Waals surface area contributed by atoms with Crippen LogP contribution < -0.4 is 5.32 Å². The third-order valence-electron chi connectivity index (χ3n) is 3.87. The van der Waals surface area contributed by atoms with Crippen LogP contribution in [0.2, 0.25) is 0 Å². The van der Waals surface area contributed by atoms with Crippen molar-refractivity contribution < 1.29 is 8.42 Å². The van der Waals surface area contributed by atoms with E-state index in [1.54, 1.807) is 6.07 Å². The largest absolute Gasteiger partial charge is 0.310 e. The van der Waals surface area contributed by atoms with Crippen molar-refractivity contribution in [2.75, 3.05) is 6.54 Å². The Hall–Kier alpha value is -0.870. The highest BCUT2D eigenvalue weighted by molar-refractivity contribution is 7.92.